The van der Waals surface area contributed by atoms with Crippen LogP contribution in [-0.2, 0) is 6.54 Å². The molecule has 7 heteroatoms. The Labute approximate surface area is 126 Å². The highest BCUT2D eigenvalue weighted by Crippen LogP contribution is 2.17. The van der Waals surface area contributed by atoms with Crippen molar-refractivity contribution < 1.29 is 4.74 Å². The van der Waals surface area contributed by atoms with Gasteiger partial charge in [-0.25, -0.2) is 0 Å². The van der Waals surface area contributed by atoms with Gasteiger partial charge in [-0.15, -0.1) is 0 Å². The molecule has 2 rings (SSSR count). The summed E-state index contributed by atoms with van der Waals surface area (Å²) in [5, 5.41) is 6.20. The molecule has 0 unspecified atom stereocenters. The Balaban J connectivity index is 2.12. The van der Waals surface area contributed by atoms with E-state index in [1.54, 1.807) is 0 Å². The van der Waals surface area contributed by atoms with Gasteiger partial charge < -0.3 is 15.4 Å². The molecule has 2 aromatic rings. The third-order valence-corrected chi connectivity index (χ3v) is 3.30. The van der Waals surface area contributed by atoms with Crippen molar-refractivity contribution in [2.75, 3.05) is 24.3 Å². The van der Waals surface area contributed by atoms with E-state index in [2.05, 4.69) is 41.5 Å². The van der Waals surface area contributed by atoms with Crippen LogP contribution < -0.4 is 15.4 Å². The van der Waals surface area contributed by atoms with Crippen LogP contribution in [0.15, 0.2) is 28.7 Å². The molecule has 0 saturated heterocycles. The zero-order chi connectivity index (χ0) is 14.4. The molecule has 0 bridgehead atoms. The van der Waals surface area contributed by atoms with Gasteiger partial charge in [0.1, 0.15) is 0 Å². The maximum absolute atomic E-state index is 5.07. The molecule has 0 aliphatic rings. The molecule has 0 fully saturated rings. The molecule has 0 atom stereocenters. The quantitative estimate of drug-likeness (QED) is 0.844. The maximum atomic E-state index is 5.07. The first kappa shape index (κ1) is 14.5. The number of hydrogen-bond acceptors (Lipinski definition) is 6. The fourth-order valence-electron chi connectivity index (χ4n) is 1.58. The number of benzene rings is 1. The third kappa shape index (κ3) is 3.80. The molecule has 2 N–H and O–H groups in total. The average Bonchev–Trinajstić information content (AvgIpc) is 2.46. The molecule has 0 spiro atoms. The smallest absolute Gasteiger partial charge is 0.322 e. The molecule has 20 heavy (non-hydrogen) atoms. The zero-order valence-corrected chi connectivity index (χ0v) is 12.9. The average molecular weight is 338 g/mol. The first-order valence-electron chi connectivity index (χ1n) is 6.24. The molecule has 0 saturated carbocycles. The van der Waals surface area contributed by atoms with E-state index in [0.29, 0.717) is 18.4 Å². The van der Waals surface area contributed by atoms with Crippen molar-refractivity contribution in [1.29, 1.82) is 0 Å². The van der Waals surface area contributed by atoms with E-state index < -0.39 is 0 Å². The molecule has 1 aromatic carbocycles. The summed E-state index contributed by atoms with van der Waals surface area (Å²) in [7, 11) is 1.53. The van der Waals surface area contributed by atoms with Crippen LogP contribution in [0.2, 0.25) is 0 Å². The summed E-state index contributed by atoms with van der Waals surface area (Å²) in [6.07, 6.45) is 0. The standard InChI is InChI=1S/C13H16BrN5O/c1-3-15-11-17-12(19-13(18-11)20-2)16-8-9-6-4-5-7-10(9)14/h4-7H,3,8H2,1-2H3,(H2,15,16,17,18,19). The van der Waals surface area contributed by atoms with Gasteiger partial charge in [0.05, 0.1) is 7.11 Å². The van der Waals surface area contributed by atoms with Gasteiger partial charge in [-0.2, -0.15) is 15.0 Å². The van der Waals surface area contributed by atoms with Crippen molar-refractivity contribution >= 4 is 27.8 Å². The van der Waals surface area contributed by atoms with Gasteiger partial charge in [0, 0.05) is 17.6 Å². The summed E-state index contributed by atoms with van der Waals surface area (Å²) < 4.78 is 6.11. The fraction of sp³-hybridized carbons (Fsp3) is 0.308. The lowest BCUT2D eigenvalue weighted by molar-refractivity contribution is 0.379. The topological polar surface area (TPSA) is 72.0 Å². The maximum Gasteiger partial charge on any atom is 0.322 e. The molecule has 1 heterocycles. The summed E-state index contributed by atoms with van der Waals surface area (Å²) in [6, 6.07) is 8.27. The van der Waals surface area contributed by atoms with Crippen molar-refractivity contribution in [3.63, 3.8) is 0 Å². The van der Waals surface area contributed by atoms with Crippen molar-refractivity contribution in [3.8, 4) is 6.01 Å². The summed E-state index contributed by atoms with van der Waals surface area (Å²) in [5.41, 5.74) is 1.12. The number of methoxy groups -OCH3 is 1. The molecule has 6 nitrogen and oxygen atoms in total. The lowest BCUT2D eigenvalue weighted by Crippen LogP contribution is -2.10. The summed E-state index contributed by atoms with van der Waals surface area (Å²) >= 11 is 3.51. The molecular formula is C13H16BrN5O. The minimum atomic E-state index is 0.283. The van der Waals surface area contributed by atoms with E-state index in [4.69, 9.17) is 4.74 Å². The number of nitrogens with one attached hydrogen (secondary N) is 2. The number of rotatable bonds is 6. The SMILES string of the molecule is CCNc1nc(NCc2ccccc2Br)nc(OC)n1. The minimum Gasteiger partial charge on any atom is -0.467 e. The fourth-order valence-corrected chi connectivity index (χ4v) is 2.01. The highest BCUT2D eigenvalue weighted by atomic mass is 79.9. The van der Waals surface area contributed by atoms with Crippen LogP contribution in [0.4, 0.5) is 11.9 Å². The summed E-state index contributed by atoms with van der Waals surface area (Å²) in [4.78, 5) is 12.6. The van der Waals surface area contributed by atoms with E-state index in [0.717, 1.165) is 16.6 Å². The summed E-state index contributed by atoms with van der Waals surface area (Å²) in [6.45, 7) is 3.32. The van der Waals surface area contributed by atoms with Crippen LogP contribution in [-0.4, -0.2) is 28.6 Å². The highest BCUT2D eigenvalue weighted by molar-refractivity contribution is 9.10. The number of nitrogens with zero attached hydrogens (tertiary/aromatic N) is 3. The van der Waals surface area contributed by atoms with Crippen molar-refractivity contribution in [2.45, 2.75) is 13.5 Å². The van der Waals surface area contributed by atoms with Gasteiger partial charge in [-0.05, 0) is 18.6 Å². The van der Waals surface area contributed by atoms with Crippen LogP contribution >= 0.6 is 15.9 Å². The second-order valence-corrected chi connectivity index (χ2v) is 4.80. The molecule has 0 radical (unpaired) electrons. The monoisotopic (exact) mass is 337 g/mol. The van der Waals surface area contributed by atoms with Gasteiger partial charge in [-0.3, -0.25) is 0 Å². The minimum absolute atomic E-state index is 0.283. The molecule has 0 aliphatic carbocycles. The van der Waals surface area contributed by atoms with Crippen LogP contribution in [0.1, 0.15) is 12.5 Å². The van der Waals surface area contributed by atoms with Gasteiger partial charge in [0.2, 0.25) is 11.9 Å². The van der Waals surface area contributed by atoms with E-state index in [-0.39, 0.29) is 6.01 Å². The Morgan fingerprint density at radius 2 is 1.80 bits per heavy atom. The number of ether oxygens (including phenoxy) is 1. The van der Waals surface area contributed by atoms with E-state index in [1.807, 2.05) is 31.2 Å². The van der Waals surface area contributed by atoms with Crippen molar-refractivity contribution in [1.82, 2.24) is 15.0 Å². The zero-order valence-electron chi connectivity index (χ0n) is 11.4. The predicted octanol–water partition coefficient (Wildman–Crippen LogP) is 2.69. The van der Waals surface area contributed by atoms with Crippen LogP contribution in [0, 0.1) is 0 Å². The lowest BCUT2D eigenvalue weighted by Gasteiger charge is -2.09. The van der Waals surface area contributed by atoms with Gasteiger partial charge >= 0.3 is 6.01 Å². The number of hydrogen-bond donors (Lipinski definition) is 2. The second kappa shape index (κ2) is 7.04. The summed E-state index contributed by atoms with van der Waals surface area (Å²) in [5.74, 6) is 0.970. The predicted molar refractivity (Wildman–Crippen MR) is 82.0 cm³/mol. The molecule has 0 aliphatic heterocycles. The number of halogens is 1. The Hall–Kier alpha value is -1.89. The highest BCUT2D eigenvalue weighted by Gasteiger charge is 2.06. The first-order chi connectivity index (χ1) is 9.72. The van der Waals surface area contributed by atoms with Crippen LogP contribution in [0.5, 0.6) is 6.01 Å². The largest absolute Gasteiger partial charge is 0.467 e. The first-order valence-corrected chi connectivity index (χ1v) is 7.03. The van der Waals surface area contributed by atoms with Crippen LogP contribution in [0.3, 0.4) is 0 Å². The Morgan fingerprint density at radius 3 is 2.45 bits per heavy atom. The molecule has 1 aromatic heterocycles. The molecule has 106 valence electrons. The number of anilines is 2. The van der Waals surface area contributed by atoms with Crippen molar-refractivity contribution in [2.24, 2.45) is 0 Å². The van der Waals surface area contributed by atoms with E-state index in [9.17, 15) is 0 Å². The van der Waals surface area contributed by atoms with E-state index >= 15 is 0 Å². The Kier molecular flexibility index (Phi) is 5.11. The lowest BCUT2D eigenvalue weighted by atomic mass is 10.2. The van der Waals surface area contributed by atoms with Gasteiger partial charge in [0.15, 0.2) is 0 Å². The van der Waals surface area contributed by atoms with E-state index in [1.165, 1.54) is 7.11 Å². The number of aromatic nitrogens is 3. The van der Waals surface area contributed by atoms with Gasteiger partial charge in [-0.1, -0.05) is 34.1 Å². The molecule has 0 amide bonds. The van der Waals surface area contributed by atoms with Crippen LogP contribution in [0.25, 0.3) is 0 Å². The van der Waals surface area contributed by atoms with Crippen molar-refractivity contribution in [3.05, 3.63) is 34.3 Å². The molecular weight excluding hydrogens is 322 g/mol. The normalized spacial score (nSPS) is 10.2. The van der Waals surface area contributed by atoms with Gasteiger partial charge in [0.25, 0.3) is 0 Å². The Morgan fingerprint density at radius 1 is 1.10 bits per heavy atom. The Bertz CT molecular complexity index is 578. The second-order valence-electron chi connectivity index (χ2n) is 3.94. The third-order valence-electron chi connectivity index (χ3n) is 2.53.